The van der Waals surface area contributed by atoms with E-state index in [2.05, 4.69) is 17.1 Å². The summed E-state index contributed by atoms with van der Waals surface area (Å²) >= 11 is 0. The van der Waals surface area contributed by atoms with Crippen LogP contribution in [-0.4, -0.2) is 5.91 Å². The van der Waals surface area contributed by atoms with Crippen molar-refractivity contribution < 1.29 is 4.79 Å². The molecule has 0 aliphatic rings. The monoisotopic (exact) mass is 272 g/mol. The van der Waals surface area contributed by atoms with Gasteiger partial charge in [0.05, 0.1) is 5.70 Å². The second-order valence-corrected chi connectivity index (χ2v) is 3.68. The SMILES string of the molecule is C=C/C=C(\C=C/C)C(=O)NC(=C/C=C\C)/C(=C\C)N=O. The lowest BCUT2D eigenvalue weighted by atomic mass is 10.2. The Kier molecular flexibility index (Phi) is 9.14. The molecule has 0 rings (SSSR count). The van der Waals surface area contributed by atoms with Crippen molar-refractivity contribution in [1.82, 2.24) is 5.32 Å². The minimum atomic E-state index is -0.332. The van der Waals surface area contributed by atoms with Gasteiger partial charge < -0.3 is 5.32 Å². The van der Waals surface area contributed by atoms with Gasteiger partial charge in [0.1, 0.15) is 5.70 Å². The second-order valence-electron chi connectivity index (χ2n) is 3.68. The van der Waals surface area contributed by atoms with Crippen LogP contribution in [0.1, 0.15) is 20.8 Å². The predicted molar refractivity (Wildman–Crippen MR) is 83.7 cm³/mol. The molecule has 0 radical (unpaired) electrons. The fourth-order valence-corrected chi connectivity index (χ4v) is 1.35. The molecule has 0 aliphatic heterocycles. The molecule has 0 unspecified atom stereocenters. The van der Waals surface area contributed by atoms with Crippen molar-refractivity contribution in [3.05, 3.63) is 77.1 Å². The summed E-state index contributed by atoms with van der Waals surface area (Å²) in [6.07, 6.45) is 13.2. The fraction of sp³-hybridized carbons (Fsp3) is 0.188. The molecule has 4 nitrogen and oxygen atoms in total. The first-order valence-corrected chi connectivity index (χ1v) is 6.24. The largest absolute Gasteiger partial charge is 0.320 e. The standard InChI is InChI=1S/C16H20N2O2/c1-5-9-12-15(14(8-4)18-20)17-16(19)13(10-6-2)11-7-3/h5-12H,2H2,1,3-4H3,(H,17,19)/b9-5-,11-7-,13-10+,14-8+,15-12+. The van der Waals surface area contributed by atoms with E-state index in [1.54, 1.807) is 43.4 Å². The van der Waals surface area contributed by atoms with Gasteiger partial charge in [0, 0.05) is 5.57 Å². The Morgan fingerprint density at radius 3 is 2.30 bits per heavy atom. The van der Waals surface area contributed by atoms with Gasteiger partial charge >= 0.3 is 0 Å². The minimum absolute atomic E-state index is 0.176. The van der Waals surface area contributed by atoms with Gasteiger partial charge in [-0.05, 0) is 32.0 Å². The molecule has 20 heavy (non-hydrogen) atoms. The van der Waals surface area contributed by atoms with Crippen LogP contribution in [0, 0.1) is 4.91 Å². The summed E-state index contributed by atoms with van der Waals surface area (Å²) in [6, 6.07) is 0. The minimum Gasteiger partial charge on any atom is -0.320 e. The lowest BCUT2D eigenvalue weighted by Crippen LogP contribution is -2.24. The van der Waals surface area contributed by atoms with Crippen LogP contribution in [-0.2, 0) is 4.79 Å². The summed E-state index contributed by atoms with van der Waals surface area (Å²) in [6.45, 7) is 8.89. The molecule has 0 aromatic rings. The van der Waals surface area contributed by atoms with Crippen LogP contribution in [0.25, 0.3) is 0 Å². The van der Waals surface area contributed by atoms with E-state index < -0.39 is 0 Å². The normalized spacial score (nSPS) is 13.8. The number of carbonyl (C=O) groups excluding carboxylic acids is 1. The van der Waals surface area contributed by atoms with Gasteiger partial charge in [-0.3, -0.25) is 4.79 Å². The van der Waals surface area contributed by atoms with Gasteiger partial charge in [0.15, 0.2) is 0 Å². The fourth-order valence-electron chi connectivity index (χ4n) is 1.35. The van der Waals surface area contributed by atoms with Crippen molar-refractivity contribution >= 4 is 5.91 Å². The predicted octanol–water partition coefficient (Wildman–Crippen LogP) is 3.92. The first-order chi connectivity index (χ1) is 9.64. The van der Waals surface area contributed by atoms with Crippen molar-refractivity contribution in [3.63, 3.8) is 0 Å². The third-order valence-corrected chi connectivity index (χ3v) is 2.26. The summed E-state index contributed by atoms with van der Waals surface area (Å²) < 4.78 is 0. The molecule has 0 fully saturated rings. The second kappa shape index (κ2) is 10.4. The van der Waals surface area contributed by atoms with Gasteiger partial charge in [-0.25, -0.2) is 0 Å². The maximum Gasteiger partial charge on any atom is 0.255 e. The van der Waals surface area contributed by atoms with Crippen molar-refractivity contribution in [1.29, 1.82) is 0 Å². The van der Waals surface area contributed by atoms with Gasteiger partial charge in [-0.1, -0.05) is 49.1 Å². The molecule has 4 heteroatoms. The van der Waals surface area contributed by atoms with Crippen LogP contribution in [0.3, 0.4) is 0 Å². The summed E-state index contributed by atoms with van der Waals surface area (Å²) in [7, 11) is 0. The van der Waals surface area contributed by atoms with Crippen LogP contribution in [0.4, 0.5) is 0 Å². The maximum atomic E-state index is 12.1. The van der Waals surface area contributed by atoms with E-state index in [1.807, 2.05) is 13.8 Å². The van der Waals surface area contributed by atoms with Crippen LogP contribution in [0.2, 0.25) is 0 Å². The molecule has 0 spiro atoms. The summed E-state index contributed by atoms with van der Waals surface area (Å²) in [5.74, 6) is -0.332. The highest BCUT2D eigenvalue weighted by Gasteiger charge is 2.11. The Morgan fingerprint density at radius 2 is 1.85 bits per heavy atom. The molecule has 0 bridgehead atoms. The third-order valence-electron chi connectivity index (χ3n) is 2.26. The van der Waals surface area contributed by atoms with E-state index in [4.69, 9.17) is 0 Å². The highest BCUT2D eigenvalue weighted by molar-refractivity contribution is 5.97. The zero-order valence-electron chi connectivity index (χ0n) is 12.1. The topological polar surface area (TPSA) is 58.5 Å². The van der Waals surface area contributed by atoms with Gasteiger partial charge in [-0.15, -0.1) is 4.91 Å². The Bertz CT molecular complexity index is 507. The van der Waals surface area contributed by atoms with E-state index in [0.717, 1.165) is 0 Å². The smallest absolute Gasteiger partial charge is 0.255 e. The molecule has 0 aromatic heterocycles. The van der Waals surface area contributed by atoms with E-state index in [9.17, 15) is 9.70 Å². The van der Waals surface area contributed by atoms with E-state index in [-0.39, 0.29) is 11.6 Å². The zero-order chi connectivity index (χ0) is 15.4. The number of amides is 1. The molecule has 0 heterocycles. The number of rotatable bonds is 7. The van der Waals surface area contributed by atoms with Gasteiger partial charge in [0.25, 0.3) is 5.91 Å². The van der Waals surface area contributed by atoms with Crippen molar-refractivity contribution in [2.75, 3.05) is 0 Å². The number of nitrogens with one attached hydrogen (secondary N) is 1. The summed E-state index contributed by atoms with van der Waals surface area (Å²) in [4.78, 5) is 22.9. The van der Waals surface area contributed by atoms with Crippen LogP contribution >= 0.6 is 0 Å². The van der Waals surface area contributed by atoms with E-state index in [0.29, 0.717) is 11.3 Å². The van der Waals surface area contributed by atoms with Crippen LogP contribution in [0.5, 0.6) is 0 Å². The first-order valence-electron chi connectivity index (χ1n) is 6.24. The lowest BCUT2D eigenvalue weighted by molar-refractivity contribution is -0.116. The van der Waals surface area contributed by atoms with Crippen molar-refractivity contribution in [3.8, 4) is 0 Å². The number of nitrogens with zero attached hydrogens (tertiary/aromatic N) is 1. The lowest BCUT2D eigenvalue weighted by Gasteiger charge is -2.08. The Hall–Kier alpha value is -2.49. The first kappa shape index (κ1) is 17.5. The van der Waals surface area contributed by atoms with Crippen molar-refractivity contribution in [2.24, 2.45) is 5.18 Å². The summed E-state index contributed by atoms with van der Waals surface area (Å²) in [5.41, 5.74) is 0.968. The van der Waals surface area contributed by atoms with Crippen LogP contribution < -0.4 is 5.32 Å². The molecular formula is C16H20N2O2. The highest BCUT2D eigenvalue weighted by atomic mass is 16.3. The molecule has 1 N–H and O–H groups in total. The molecule has 0 atom stereocenters. The van der Waals surface area contributed by atoms with E-state index >= 15 is 0 Å². The van der Waals surface area contributed by atoms with Gasteiger partial charge in [-0.2, -0.15) is 0 Å². The molecule has 0 saturated heterocycles. The molecule has 0 aliphatic carbocycles. The number of allylic oxidation sites excluding steroid dienone is 7. The third kappa shape index (κ3) is 5.91. The van der Waals surface area contributed by atoms with E-state index in [1.165, 1.54) is 12.2 Å². The molecule has 1 amide bonds. The van der Waals surface area contributed by atoms with Crippen molar-refractivity contribution in [2.45, 2.75) is 20.8 Å². The quantitative estimate of drug-likeness (QED) is 0.434. The zero-order valence-corrected chi connectivity index (χ0v) is 12.1. The maximum absolute atomic E-state index is 12.1. The Labute approximate surface area is 119 Å². The molecule has 106 valence electrons. The van der Waals surface area contributed by atoms with Gasteiger partial charge in [0.2, 0.25) is 0 Å². The average molecular weight is 272 g/mol. The number of hydrogen-bond acceptors (Lipinski definition) is 3. The number of carbonyl (C=O) groups is 1. The Morgan fingerprint density at radius 1 is 1.15 bits per heavy atom. The molecular weight excluding hydrogens is 252 g/mol. The number of nitroso groups, excluding NO2 is 1. The number of hydrogen-bond donors (Lipinski definition) is 1. The summed E-state index contributed by atoms with van der Waals surface area (Å²) in [5, 5.41) is 5.57. The van der Waals surface area contributed by atoms with Crippen LogP contribution in [0.15, 0.2) is 77.3 Å². The Balaban J connectivity index is 5.37. The average Bonchev–Trinajstić information content (AvgIpc) is 2.45. The highest BCUT2D eigenvalue weighted by Crippen LogP contribution is 2.10. The molecule has 0 saturated carbocycles. The molecule has 0 aromatic carbocycles.